The van der Waals surface area contributed by atoms with Crippen LogP contribution in [0.1, 0.15) is 34.0 Å². The minimum absolute atomic E-state index is 0.00928. The maximum Gasteiger partial charge on any atom is 0.408 e. The summed E-state index contributed by atoms with van der Waals surface area (Å²) in [5.74, 6) is -2.00. The summed E-state index contributed by atoms with van der Waals surface area (Å²) in [6, 6.07) is 20.8. The zero-order valence-electron chi connectivity index (χ0n) is 22.8. The van der Waals surface area contributed by atoms with Crippen LogP contribution in [-0.2, 0) is 34.0 Å². The molecule has 0 aliphatic carbocycles. The maximum atomic E-state index is 14.6. The lowest BCUT2D eigenvalue weighted by Crippen LogP contribution is -2.49. The first-order chi connectivity index (χ1) is 19.8. The molecule has 0 saturated carbocycles. The predicted molar refractivity (Wildman–Crippen MR) is 150 cm³/mol. The summed E-state index contributed by atoms with van der Waals surface area (Å²) in [6.07, 6.45) is 0.818. The molecule has 0 fully saturated rings. The van der Waals surface area contributed by atoms with Crippen molar-refractivity contribution in [1.82, 2.24) is 20.4 Å². The van der Waals surface area contributed by atoms with Crippen molar-refractivity contribution >= 4 is 18.0 Å². The third kappa shape index (κ3) is 8.01. The molecule has 41 heavy (non-hydrogen) atoms. The largest absolute Gasteiger partial charge is 0.459 e. The van der Waals surface area contributed by atoms with Crippen LogP contribution < -0.4 is 10.6 Å². The fourth-order valence-electron chi connectivity index (χ4n) is 4.18. The van der Waals surface area contributed by atoms with Crippen LogP contribution >= 0.6 is 0 Å². The second-order valence-corrected chi connectivity index (χ2v) is 9.28. The van der Waals surface area contributed by atoms with E-state index in [0.29, 0.717) is 17.8 Å². The van der Waals surface area contributed by atoms with E-state index in [9.17, 15) is 18.8 Å². The minimum atomic E-state index is -1.26. The zero-order chi connectivity index (χ0) is 29.2. The van der Waals surface area contributed by atoms with Gasteiger partial charge in [-0.1, -0.05) is 60.7 Å². The molecule has 1 aromatic heterocycles. The predicted octanol–water partition coefficient (Wildman–Crippen LogP) is 4.79. The van der Waals surface area contributed by atoms with Crippen LogP contribution in [0.3, 0.4) is 0 Å². The number of aromatic nitrogens is 2. The minimum Gasteiger partial charge on any atom is -0.459 e. The van der Waals surface area contributed by atoms with Crippen molar-refractivity contribution in [3.63, 3.8) is 0 Å². The number of esters is 1. The number of amides is 2. The van der Waals surface area contributed by atoms with Gasteiger partial charge in [-0.3, -0.25) is 9.48 Å². The molecule has 4 rings (SSSR count). The molecule has 4 aromatic rings. The molecule has 0 radical (unpaired) electrons. The number of rotatable bonds is 11. The lowest BCUT2D eigenvalue weighted by molar-refractivity contribution is -0.147. The number of nitrogens with one attached hydrogen (secondary N) is 2. The molecule has 10 heteroatoms. The topological polar surface area (TPSA) is 112 Å². The lowest BCUT2D eigenvalue weighted by atomic mass is 10.0. The van der Waals surface area contributed by atoms with Gasteiger partial charge in [0.05, 0.1) is 11.9 Å². The molecule has 1 heterocycles. The van der Waals surface area contributed by atoms with Gasteiger partial charge in [0.25, 0.3) is 5.91 Å². The van der Waals surface area contributed by atoms with Gasteiger partial charge in [0, 0.05) is 24.2 Å². The molecule has 1 atom stereocenters. The third-order valence-corrected chi connectivity index (χ3v) is 6.24. The van der Waals surface area contributed by atoms with E-state index in [4.69, 9.17) is 9.47 Å². The molecule has 0 aliphatic heterocycles. The Balaban J connectivity index is 1.45. The van der Waals surface area contributed by atoms with E-state index in [1.807, 2.05) is 50.2 Å². The Hall–Kier alpha value is -4.99. The van der Waals surface area contributed by atoms with Gasteiger partial charge in [-0.05, 0) is 48.7 Å². The summed E-state index contributed by atoms with van der Waals surface area (Å²) in [4.78, 5) is 38.5. The number of carbonyl (C=O) groups excluding carboxylic acids is 3. The standard InChI is InChI=1S/C31H31FN4O5/c1-3-36-28(21(2)17-34-36)24-14-25(16-26(32)15-24)29(37)33-18-27(30(38)40-19-22-10-6-4-7-11-22)35-31(39)41-20-23-12-8-5-9-13-23/h4-17,27H,3,18-20H2,1-2H3,(H,33,37)(H,35,39)/t27-/m1/s1. The molecule has 2 amide bonds. The van der Waals surface area contributed by atoms with Crippen molar-refractivity contribution in [2.24, 2.45) is 0 Å². The van der Waals surface area contributed by atoms with Gasteiger partial charge in [-0.2, -0.15) is 5.10 Å². The number of halogens is 1. The molecule has 3 aromatic carbocycles. The summed E-state index contributed by atoms with van der Waals surface area (Å²) >= 11 is 0. The maximum absolute atomic E-state index is 14.6. The number of benzene rings is 3. The van der Waals surface area contributed by atoms with Crippen LogP contribution in [0.25, 0.3) is 11.3 Å². The number of alkyl carbamates (subject to hydrolysis) is 1. The number of aryl methyl sites for hydroxylation is 2. The Labute approximate surface area is 237 Å². The molecular weight excluding hydrogens is 527 g/mol. The van der Waals surface area contributed by atoms with Gasteiger partial charge >= 0.3 is 12.1 Å². The second kappa shape index (κ2) is 13.9. The van der Waals surface area contributed by atoms with Gasteiger partial charge in [-0.15, -0.1) is 0 Å². The smallest absolute Gasteiger partial charge is 0.408 e. The number of ether oxygens (including phenoxy) is 2. The zero-order valence-corrected chi connectivity index (χ0v) is 22.8. The van der Waals surface area contributed by atoms with Crippen LogP contribution in [0.4, 0.5) is 9.18 Å². The van der Waals surface area contributed by atoms with Gasteiger partial charge in [0.1, 0.15) is 25.1 Å². The van der Waals surface area contributed by atoms with Crippen LogP contribution in [0, 0.1) is 12.7 Å². The number of hydrogen-bond acceptors (Lipinski definition) is 6. The van der Waals surface area contributed by atoms with Crippen molar-refractivity contribution in [2.75, 3.05) is 6.54 Å². The Morgan fingerprint density at radius 1 is 0.927 bits per heavy atom. The first kappa shape index (κ1) is 29.0. The first-order valence-corrected chi connectivity index (χ1v) is 13.1. The van der Waals surface area contributed by atoms with Crippen LogP contribution in [-0.4, -0.2) is 40.3 Å². The van der Waals surface area contributed by atoms with Crippen LogP contribution in [0.5, 0.6) is 0 Å². The highest BCUT2D eigenvalue weighted by atomic mass is 19.1. The van der Waals surface area contributed by atoms with Crippen LogP contribution in [0.15, 0.2) is 85.1 Å². The molecule has 0 bridgehead atoms. The third-order valence-electron chi connectivity index (χ3n) is 6.24. The normalized spacial score (nSPS) is 11.4. The average Bonchev–Trinajstić information content (AvgIpc) is 3.37. The van der Waals surface area contributed by atoms with E-state index in [1.165, 1.54) is 6.07 Å². The van der Waals surface area contributed by atoms with Gasteiger partial charge in [-0.25, -0.2) is 14.0 Å². The van der Waals surface area contributed by atoms with Crippen molar-refractivity contribution in [1.29, 1.82) is 0 Å². The summed E-state index contributed by atoms with van der Waals surface area (Å²) in [6.45, 7) is 3.99. The fourth-order valence-corrected chi connectivity index (χ4v) is 4.18. The summed E-state index contributed by atoms with van der Waals surface area (Å²) < 4.78 is 26.9. The highest BCUT2D eigenvalue weighted by Crippen LogP contribution is 2.25. The quantitative estimate of drug-likeness (QED) is 0.256. The SMILES string of the molecule is CCn1ncc(C)c1-c1cc(F)cc(C(=O)NC[C@@H](NC(=O)OCc2ccccc2)C(=O)OCc2ccccc2)c1. The van der Waals surface area contributed by atoms with Crippen molar-refractivity contribution < 1.29 is 28.2 Å². The van der Waals surface area contributed by atoms with Crippen molar-refractivity contribution in [3.05, 3.63) is 113 Å². The summed E-state index contributed by atoms with van der Waals surface area (Å²) in [5, 5.41) is 9.35. The van der Waals surface area contributed by atoms with Crippen molar-refractivity contribution in [3.8, 4) is 11.3 Å². The van der Waals surface area contributed by atoms with E-state index >= 15 is 0 Å². The molecule has 0 unspecified atom stereocenters. The lowest BCUT2D eigenvalue weighted by Gasteiger charge is -2.18. The highest BCUT2D eigenvalue weighted by Gasteiger charge is 2.25. The fraction of sp³-hybridized carbons (Fsp3) is 0.226. The van der Waals surface area contributed by atoms with Gasteiger partial charge in [0.2, 0.25) is 0 Å². The average molecular weight is 559 g/mol. The van der Waals surface area contributed by atoms with E-state index in [2.05, 4.69) is 15.7 Å². The molecule has 9 nitrogen and oxygen atoms in total. The molecule has 0 aliphatic rings. The Morgan fingerprint density at radius 2 is 1.56 bits per heavy atom. The Kier molecular flexibility index (Phi) is 9.82. The van der Waals surface area contributed by atoms with Gasteiger partial charge in [0.15, 0.2) is 0 Å². The molecular formula is C31H31FN4O5. The van der Waals surface area contributed by atoms with Crippen molar-refractivity contribution in [2.45, 2.75) is 39.6 Å². The Bertz CT molecular complexity index is 1490. The van der Waals surface area contributed by atoms with E-state index in [0.717, 1.165) is 22.8 Å². The van der Waals surface area contributed by atoms with E-state index < -0.39 is 29.8 Å². The summed E-state index contributed by atoms with van der Waals surface area (Å²) in [5.41, 5.74) is 3.60. The summed E-state index contributed by atoms with van der Waals surface area (Å²) in [7, 11) is 0. The molecule has 212 valence electrons. The molecule has 0 saturated heterocycles. The van der Waals surface area contributed by atoms with Gasteiger partial charge < -0.3 is 20.1 Å². The number of hydrogen-bond donors (Lipinski definition) is 2. The monoisotopic (exact) mass is 558 g/mol. The van der Waals surface area contributed by atoms with Crippen LogP contribution in [0.2, 0.25) is 0 Å². The molecule has 0 spiro atoms. The van der Waals surface area contributed by atoms with E-state index in [-0.39, 0.29) is 25.3 Å². The second-order valence-electron chi connectivity index (χ2n) is 9.28. The first-order valence-electron chi connectivity index (χ1n) is 13.1. The highest BCUT2D eigenvalue weighted by molar-refractivity contribution is 5.96. The molecule has 2 N–H and O–H groups in total. The number of carbonyl (C=O) groups is 3. The Morgan fingerprint density at radius 3 is 2.20 bits per heavy atom. The van der Waals surface area contributed by atoms with E-state index in [1.54, 1.807) is 41.2 Å². The number of nitrogens with zero attached hydrogens (tertiary/aromatic N) is 2.